The van der Waals surface area contributed by atoms with Crippen LogP contribution in [0.2, 0.25) is 0 Å². The molecule has 6 nitrogen and oxygen atoms in total. The largest absolute Gasteiger partial charge is 0.490 e. The number of hydrogen-bond donors (Lipinski definition) is 3. The van der Waals surface area contributed by atoms with Gasteiger partial charge >= 0.3 is 13.3 Å². The van der Waals surface area contributed by atoms with Gasteiger partial charge in [0.2, 0.25) is 10.3 Å². The van der Waals surface area contributed by atoms with Crippen LogP contribution in [0, 0.1) is 0 Å². The van der Waals surface area contributed by atoms with Crippen LogP contribution in [-0.2, 0) is 16.5 Å². The zero-order valence-corrected chi connectivity index (χ0v) is 9.33. The number of anilines is 1. The number of pyridine rings is 1. The molecule has 0 aliphatic rings. The van der Waals surface area contributed by atoms with Crippen molar-refractivity contribution in [3.05, 3.63) is 17.8 Å². The van der Waals surface area contributed by atoms with Gasteiger partial charge in [-0.05, 0) is 6.07 Å². The van der Waals surface area contributed by atoms with E-state index in [0.717, 1.165) is 6.20 Å². The van der Waals surface area contributed by atoms with Crippen molar-refractivity contribution in [2.75, 3.05) is 5.32 Å². The molecule has 0 atom stereocenters. The minimum atomic E-state index is -4.82. The van der Waals surface area contributed by atoms with Crippen LogP contribution < -0.4 is 10.8 Å². The molecule has 1 heterocycles. The second-order valence-electron chi connectivity index (χ2n) is 3.06. The Hall–Kier alpha value is -1.59. The number of alkyl halides is 3. The smallest absolute Gasteiger partial charge is 0.423 e. The zero-order chi connectivity index (χ0) is 13.9. The number of nitrogens with zero attached hydrogens (tertiary/aromatic N) is 1. The number of hydrogen-bond acceptors (Lipinski definition) is 5. The number of nitrogens with one attached hydrogen (secondary N) is 1. The van der Waals surface area contributed by atoms with Gasteiger partial charge < -0.3 is 15.4 Å². The van der Waals surface area contributed by atoms with E-state index in [-0.39, 0.29) is 0 Å². The van der Waals surface area contributed by atoms with Crippen molar-refractivity contribution in [2.24, 2.45) is 0 Å². The molecule has 0 fully saturated rings. The third kappa shape index (κ3) is 3.72. The van der Waals surface area contributed by atoms with Crippen molar-refractivity contribution in [1.29, 1.82) is 0 Å². The average Bonchev–Trinajstić information content (AvgIpc) is 2.24. The van der Waals surface area contributed by atoms with E-state index >= 15 is 0 Å². The van der Waals surface area contributed by atoms with Crippen molar-refractivity contribution >= 4 is 34.2 Å². The van der Waals surface area contributed by atoms with Crippen LogP contribution >= 0.6 is 0 Å². The highest BCUT2D eigenvalue weighted by Gasteiger charge is 2.35. The van der Waals surface area contributed by atoms with E-state index in [0.29, 0.717) is 11.6 Å². The van der Waals surface area contributed by atoms with Crippen molar-refractivity contribution in [3.63, 3.8) is 0 Å². The Morgan fingerprint density at radius 2 is 2.00 bits per heavy atom. The summed E-state index contributed by atoms with van der Waals surface area (Å²) in [6, 6.07) is 0.460. The first-order chi connectivity index (χ1) is 8.21. The normalized spacial score (nSPS) is 10.9. The van der Waals surface area contributed by atoms with E-state index < -0.39 is 40.4 Å². The highest BCUT2D eigenvalue weighted by molar-refractivity contribution is 7.71. The molecule has 0 radical (unpaired) electrons. The van der Waals surface area contributed by atoms with E-state index in [4.69, 9.17) is 10.0 Å². The van der Waals surface area contributed by atoms with Crippen LogP contribution in [-0.4, -0.2) is 36.1 Å². The summed E-state index contributed by atoms with van der Waals surface area (Å²) in [5, 5.41) is 19.3. The number of aromatic nitrogens is 1. The zero-order valence-electron chi connectivity index (χ0n) is 8.51. The summed E-state index contributed by atoms with van der Waals surface area (Å²) in [5.41, 5.74) is -1.39. The molecule has 1 aromatic rings. The van der Waals surface area contributed by atoms with Crippen LogP contribution in [0.1, 0.15) is 5.56 Å². The molecule has 18 heavy (non-hydrogen) atoms. The van der Waals surface area contributed by atoms with Gasteiger partial charge in [0.05, 0.1) is 5.56 Å². The summed E-state index contributed by atoms with van der Waals surface area (Å²) in [6.07, 6.45) is -4.04. The summed E-state index contributed by atoms with van der Waals surface area (Å²) in [4.78, 5) is 3.28. The van der Waals surface area contributed by atoms with E-state index in [2.05, 4.69) is 4.98 Å². The van der Waals surface area contributed by atoms with Crippen LogP contribution in [0.5, 0.6) is 0 Å². The van der Waals surface area contributed by atoms with E-state index in [1.54, 1.807) is 0 Å². The monoisotopic (exact) mass is 282 g/mol. The lowest BCUT2D eigenvalue weighted by atomic mass is 9.81. The van der Waals surface area contributed by atoms with Crippen molar-refractivity contribution in [1.82, 2.24) is 4.98 Å². The predicted molar refractivity (Wildman–Crippen MR) is 57.7 cm³/mol. The highest BCUT2D eigenvalue weighted by Crippen LogP contribution is 2.32. The molecule has 1 rings (SSSR count). The summed E-state index contributed by atoms with van der Waals surface area (Å²) in [5.74, 6) is -0.754. The third-order valence-electron chi connectivity index (χ3n) is 1.80. The maximum atomic E-state index is 12.6. The Morgan fingerprint density at radius 3 is 2.44 bits per heavy atom. The van der Waals surface area contributed by atoms with Crippen LogP contribution in [0.4, 0.5) is 19.0 Å². The van der Waals surface area contributed by atoms with Crippen molar-refractivity contribution in [2.45, 2.75) is 6.18 Å². The molecule has 0 bridgehead atoms. The average molecular weight is 282 g/mol. The van der Waals surface area contributed by atoms with Crippen molar-refractivity contribution in [3.8, 4) is 0 Å². The standard InChI is InChI=1S/C7H6BF3N2O4S/c9-7(10,11)5-1-4(8(14)15)2-12-6(5)13-3-18(16)17/h1-3,14-15H,(H,12,13). The predicted octanol–water partition coefficient (Wildman–Crippen LogP) is -1.17. The Balaban J connectivity index is 3.30. The molecule has 98 valence electrons. The quantitative estimate of drug-likeness (QED) is 0.477. The molecule has 0 aliphatic carbocycles. The molecule has 0 aromatic carbocycles. The minimum Gasteiger partial charge on any atom is -0.423 e. The number of halogens is 3. The topological polar surface area (TPSA) is 99.5 Å². The lowest BCUT2D eigenvalue weighted by Gasteiger charge is -2.12. The third-order valence-corrected chi connectivity index (χ3v) is 2.11. The van der Waals surface area contributed by atoms with Gasteiger partial charge in [-0.25, -0.2) is 4.98 Å². The molecule has 3 N–H and O–H groups in total. The fraction of sp³-hybridized carbons (Fsp3) is 0.143. The fourth-order valence-electron chi connectivity index (χ4n) is 1.06. The van der Waals surface area contributed by atoms with Gasteiger partial charge in [-0.2, -0.15) is 21.6 Å². The summed E-state index contributed by atoms with van der Waals surface area (Å²) in [7, 11) is -4.81. The van der Waals surface area contributed by atoms with Crippen LogP contribution in [0.25, 0.3) is 0 Å². The van der Waals surface area contributed by atoms with E-state index in [9.17, 15) is 21.6 Å². The van der Waals surface area contributed by atoms with Crippen LogP contribution in [0.15, 0.2) is 12.3 Å². The summed E-state index contributed by atoms with van der Waals surface area (Å²) >= 11 is 0. The van der Waals surface area contributed by atoms with Gasteiger partial charge in [0.25, 0.3) is 0 Å². The van der Waals surface area contributed by atoms with Gasteiger partial charge in [-0.15, -0.1) is 0 Å². The maximum Gasteiger partial charge on any atom is 0.490 e. The number of rotatable bonds is 3. The Bertz CT molecular complexity index is 565. The first kappa shape index (κ1) is 14.5. The van der Waals surface area contributed by atoms with Gasteiger partial charge in [-0.3, -0.25) is 0 Å². The minimum absolute atomic E-state index is 0.382. The second-order valence-corrected chi connectivity index (χ2v) is 3.82. The molecular weight excluding hydrogens is 276 g/mol. The molecule has 0 saturated heterocycles. The molecular formula is C7H6BF3N2O4S. The van der Waals surface area contributed by atoms with Gasteiger partial charge in [-0.1, -0.05) is 0 Å². The Labute approximate surface area is 101 Å². The summed E-state index contributed by atoms with van der Waals surface area (Å²) < 4.78 is 58.2. The Kier molecular flexibility index (Phi) is 4.32. The van der Waals surface area contributed by atoms with Crippen molar-refractivity contribution < 1.29 is 31.6 Å². The Morgan fingerprint density at radius 1 is 1.39 bits per heavy atom. The molecule has 1 aromatic heterocycles. The molecule has 0 saturated carbocycles. The first-order valence-corrected chi connectivity index (χ1v) is 5.47. The molecule has 0 aliphatic heterocycles. The molecule has 0 spiro atoms. The lowest BCUT2D eigenvalue weighted by molar-refractivity contribution is -0.137. The van der Waals surface area contributed by atoms with E-state index in [1.165, 1.54) is 0 Å². The fourth-order valence-corrected chi connectivity index (χ4v) is 1.27. The van der Waals surface area contributed by atoms with Crippen LogP contribution in [0.3, 0.4) is 0 Å². The maximum absolute atomic E-state index is 12.6. The van der Waals surface area contributed by atoms with Gasteiger partial charge in [0.1, 0.15) is 11.3 Å². The molecule has 0 unspecified atom stereocenters. The van der Waals surface area contributed by atoms with E-state index in [1.807, 2.05) is 5.32 Å². The van der Waals surface area contributed by atoms with Gasteiger partial charge in [0.15, 0.2) is 0 Å². The SMILES string of the molecule is O=S(=O)=CNc1ncc(B(O)O)cc1C(F)(F)F. The summed E-state index contributed by atoms with van der Waals surface area (Å²) in [6.45, 7) is 0. The lowest BCUT2D eigenvalue weighted by Crippen LogP contribution is -2.32. The first-order valence-electron chi connectivity index (χ1n) is 4.33. The molecule has 0 amide bonds. The molecule has 11 heteroatoms. The second kappa shape index (κ2) is 5.37. The van der Waals surface area contributed by atoms with Gasteiger partial charge in [0, 0.05) is 11.7 Å². The highest BCUT2D eigenvalue weighted by atomic mass is 32.2.